The average Bonchev–Trinajstić information content (AvgIpc) is 2.96. The van der Waals surface area contributed by atoms with E-state index >= 15 is 0 Å². The Morgan fingerprint density at radius 3 is 1.68 bits per heavy atom. The van der Waals surface area contributed by atoms with E-state index in [9.17, 15) is 0 Å². The molecule has 1 heterocycles. The van der Waals surface area contributed by atoms with Crippen LogP contribution in [0.1, 0.15) is 5.56 Å². The molecule has 1 aliphatic rings. The Morgan fingerprint density at radius 1 is 0.591 bits per heavy atom. The fourth-order valence-corrected chi connectivity index (χ4v) is 2.99. The van der Waals surface area contributed by atoms with Gasteiger partial charge in [-0.3, -0.25) is 0 Å². The summed E-state index contributed by atoms with van der Waals surface area (Å²) in [6.45, 7) is 2.96. The first-order valence-electron chi connectivity index (χ1n) is 7.59. The van der Waals surface area contributed by atoms with Crippen molar-refractivity contribution >= 4 is 22.7 Å². The van der Waals surface area contributed by atoms with Crippen LogP contribution >= 0.6 is 0 Å². The number of fused-ring (bicyclic) bond motifs is 1. The zero-order chi connectivity index (χ0) is 14.9. The van der Waals surface area contributed by atoms with Gasteiger partial charge < -0.3 is 9.80 Å². The van der Waals surface area contributed by atoms with Crippen LogP contribution in [0.5, 0.6) is 0 Å². The smallest absolute Gasteiger partial charge is 0.100 e. The van der Waals surface area contributed by atoms with Crippen LogP contribution in [-0.2, 0) is 0 Å². The van der Waals surface area contributed by atoms with Gasteiger partial charge in [0.05, 0.1) is 11.4 Å². The molecule has 1 aliphatic heterocycles. The van der Waals surface area contributed by atoms with E-state index in [1.165, 1.54) is 28.3 Å². The van der Waals surface area contributed by atoms with Gasteiger partial charge in [-0.25, -0.2) is 0 Å². The van der Waals surface area contributed by atoms with Crippen molar-refractivity contribution in [2.45, 2.75) is 6.92 Å². The molecule has 3 aromatic rings. The molecule has 108 valence electrons. The molecular formula is C20H18N2. The lowest BCUT2D eigenvalue weighted by Gasteiger charge is -2.22. The number of aryl methyl sites for hydroxylation is 1. The molecule has 0 unspecified atom stereocenters. The van der Waals surface area contributed by atoms with Crippen LogP contribution in [0.15, 0.2) is 78.9 Å². The van der Waals surface area contributed by atoms with Crippen LogP contribution in [0, 0.1) is 6.92 Å². The number of para-hydroxylation sites is 3. The van der Waals surface area contributed by atoms with Crippen LogP contribution < -0.4 is 9.80 Å². The van der Waals surface area contributed by atoms with Crippen LogP contribution in [0.25, 0.3) is 0 Å². The Balaban J connectivity index is 1.79. The summed E-state index contributed by atoms with van der Waals surface area (Å²) >= 11 is 0. The van der Waals surface area contributed by atoms with Crippen molar-refractivity contribution in [3.8, 4) is 0 Å². The van der Waals surface area contributed by atoms with Crippen molar-refractivity contribution in [2.24, 2.45) is 0 Å². The molecule has 0 aliphatic carbocycles. The first-order valence-corrected chi connectivity index (χ1v) is 7.59. The van der Waals surface area contributed by atoms with E-state index < -0.39 is 0 Å². The molecule has 22 heavy (non-hydrogen) atoms. The van der Waals surface area contributed by atoms with Gasteiger partial charge in [-0.2, -0.15) is 0 Å². The minimum Gasteiger partial charge on any atom is -0.321 e. The predicted octanol–water partition coefficient (Wildman–Crippen LogP) is 5.24. The molecular weight excluding hydrogens is 268 g/mol. The van der Waals surface area contributed by atoms with Gasteiger partial charge in [-0.1, -0.05) is 48.0 Å². The van der Waals surface area contributed by atoms with E-state index in [-0.39, 0.29) is 0 Å². The van der Waals surface area contributed by atoms with Gasteiger partial charge in [-0.05, 0) is 43.3 Å². The predicted molar refractivity (Wildman–Crippen MR) is 93.2 cm³/mol. The lowest BCUT2D eigenvalue weighted by molar-refractivity contribution is 0.990. The van der Waals surface area contributed by atoms with Gasteiger partial charge in [0.2, 0.25) is 0 Å². The third kappa shape index (κ3) is 2.13. The van der Waals surface area contributed by atoms with Gasteiger partial charge in [0.1, 0.15) is 6.67 Å². The zero-order valence-electron chi connectivity index (χ0n) is 12.6. The minimum atomic E-state index is 0.840. The number of benzene rings is 3. The molecule has 0 aromatic heterocycles. The van der Waals surface area contributed by atoms with E-state index in [4.69, 9.17) is 0 Å². The number of hydrogen-bond acceptors (Lipinski definition) is 2. The molecule has 0 spiro atoms. The second-order valence-corrected chi connectivity index (χ2v) is 5.66. The highest BCUT2D eigenvalue weighted by molar-refractivity contribution is 5.86. The number of hydrogen-bond donors (Lipinski definition) is 0. The van der Waals surface area contributed by atoms with Gasteiger partial charge in [-0.15, -0.1) is 0 Å². The highest BCUT2D eigenvalue weighted by atomic mass is 15.4. The standard InChI is InChI=1S/C20H18N2/c1-16-11-13-18(14-12-16)22-15-21(17-7-3-2-4-8-17)19-9-5-6-10-20(19)22/h2-14H,15H2,1H3. The first kappa shape index (κ1) is 13.0. The number of anilines is 4. The molecule has 0 fully saturated rings. The Bertz CT molecular complexity index is 778. The van der Waals surface area contributed by atoms with Crippen LogP contribution in [0.3, 0.4) is 0 Å². The fourth-order valence-electron chi connectivity index (χ4n) is 2.99. The summed E-state index contributed by atoms with van der Waals surface area (Å²) in [4.78, 5) is 4.72. The molecule has 0 atom stereocenters. The van der Waals surface area contributed by atoms with Crippen LogP contribution in [-0.4, -0.2) is 6.67 Å². The third-order valence-corrected chi connectivity index (χ3v) is 4.16. The third-order valence-electron chi connectivity index (χ3n) is 4.16. The number of rotatable bonds is 2. The maximum absolute atomic E-state index is 2.36. The van der Waals surface area contributed by atoms with Crippen molar-refractivity contribution in [1.29, 1.82) is 0 Å². The highest BCUT2D eigenvalue weighted by Gasteiger charge is 2.27. The van der Waals surface area contributed by atoms with Gasteiger partial charge in [0.15, 0.2) is 0 Å². The molecule has 0 N–H and O–H groups in total. The maximum atomic E-state index is 2.36. The van der Waals surface area contributed by atoms with Crippen LogP contribution in [0.4, 0.5) is 22.7 Å². The molecule has 0 saturated carbocycles. The molecule has 2 heteroatoms. The summed E-state index contributed by atoms with van der Waals surface area (Å²) in [5.74, 6) is 0. The maximum Gasteiger partial charge on any atom is 0.100 e. The van der Waals surface area contributed by atoms with E-state index in [0.717, 1.165) is 6.67 Å². The van der Waals surface area contributed by atoms with Gasteiger partial charge in [0, 0.05) is 11.4 Å². The van der Waals surface area contributed by atoms with Crippen molar-refractivity contribution in [3.05, 3.63) is 84.4 Å². The quantitative estimate of drug-likeness (QED) is 0.635. The van der Waals surface area contributed by atoms with Gasteiger partial charge >= 0.3 is 0 Å². The average molecular weight is 286 g/mol. The topological polar surface area (TPSA) is 6.48 Å². The SMILES string of the molecule is Cc1ccc(N2CN(c3ccccc3)c3ccccc32)cc1. The second-order valence-electron chi connectivity index (χ2n) is 5.66. The lowest BCUT2D eigenvalue weighted by atomic mass is 10.2. The van der Waals surface area contributed by atoms with E-state index in [0.29, 0.717) is 0 Å². The summed E-state index contributed by atoms with van der Waals surface area (Å²) in [5.41, 5.74) is 6.27. The van der Waals surface area contributed by atoms with E-state index in [1.807, 2.05) is 0 Å². The van der Waals surface area contributed by atoms with Crippen LogP contribution in [0.2, 0.25) is 0 Å². The summed E-state index contributed by atoms with van der Waals surface area (Å²) in [7, 11) is 0. The lowest BCUT2D eigenvalue weighted by Crippen LogP contribution is -2.23. The molecule has 3 aromatic carbocycles. The largest absolute Gasteiger partial charge is 0.321 e. The van der Waals surface area contributed by atoms with Gasteiger partial charge in [0.25, 0.3) is 0 Å². The molecule has 0 radical (unpaired) electrons. The Kier molecular flexibility index (Phi) is 3.08. The second kappa shape index (κ2) is 5.23. The first-order chi connectivity index (χ1) is 10.8. The summed E-state index contributed by atoms with van der Waals surface area (Å²) in [6, 6.07) is 27.9. The normalized spacial score (nSPS) is 13.3. The highest BCUT2D eigenvalue weighted by Crippen LogP contribution is 2.43. The minimum absolute atomic E-state index is 0.840. The molecule has 2 nitrogen and oxygen atoms in total. The van der Waals surface area contributed by atoms with Crippen molar-refractivity contribution in [3.63, 3.8) is 0 Å². The fraction of sp³-hybridized carbons (Fsp3) is 0.100. The van der Waals surface area contributed by atoms with Crippen molar-refractivity contribution in [2.75, 3.05) is 16.5 Å². The molecule has 4 rings (SSSR count). The molecule has 0 bridgehead atoms. The molecule has 0 saturated heterocycles. The van der Waals surface area contributed by atoms with E-state index in [1.54, 1.807) is 0 Å². The molecule has 0 amide bonds. The zero-order valence-corrected chi connectivity index (χ0v) is 12.6. The van der Waals surface area contributed by atoms with Crippen molar-refractivity contribution < 1.29 is 0 Å². The Morgan fingerprint density at radius 2 is 1.09 bits per heavy atom. The van der Waals surface area contributed by atoms with E-state index in [2.05, 4.69) is 95.6 Å². The summed E-state index contributed by atoms with van der Waals surface area (Å²) in [6.07, 6.45) is 0. The summed E-state index contributed by atoms with van der Waals surface area (Å²) in [5, 5.41) is 0. The Hall–Kier alpha value is -2.74. The monoisotopic (exact) mass is 286 g/mol. The number of nitrogens with zero attached hydrogens (tertiary/aromatic N) is 2. The van der Waals surface area contributed by atoms with Crippen molar-refractivity contribution in [1.82, 2.24) is 0 Å². The summed E-state index contributed by atoms with van der Waals surface area (Å²) < 4.78 is 0. The Labute approximate surface area is 131 Å².